The molecule has 0 fully saturated rings. The zero-order chi connectivity index (χ0) is 20.1. The number of hydrogen-bond acceptors (Lipinski definition) is 4. The molecule has 0 aliphatic carbocycles. The minimum absolute atomic E-state index is 0.0425. The number of aryl methyl sites for hydroxylation is 1. The SMILES string of the molecule is O=C(CCc1cc(F)ccc1F)NNC(=O)c1nn(-c2ccccc2)cc1O. The molecule has 3 N–H and O–H groups in total. The highest BCUT2D eigenvalue weighted by molar-refractivity contribution is 5.95. The summed E-state index contributed by atoms with van der Waals surface area (Å²) in [6.45, 7) is 0. The highest BCUT2D eigenvalue weighted by Gasteiger charge is 2.18. The summed E-state index contributed by atoms with van der Waals surface area (Å²) in [5, 5.41) is 13.9. The van der Waals surface area contributed by atoms with E-state index in [-0.39, 0.29) is 29.8 Å². The fraction of sp³-hybridized carbons (Fsp3) is 0.105. The van der Waals surface area contributed by atoms with Gasteiger partial charge in [0.1, 0.15) is 11.6 Å². The van der Waals surface area contributed by atoms with Crippen molar-refractivity contribution in [2.24, 2.45) is 0 Å². The van der Waals surface area contributed by atoms with Gasteiger partial charge in [0, 0.05) is 6.42 Å². The summed E-state index contributed by atoms with van der Waals surface area (Å²) in [6.07, 6.45) is 1.04. The largest absolute Gasteiger partial charge is 0.504 e. The second-order valence-electron chi connectivity index (χ2n) is 5.88. The molecule has 2 amide bonds. The molecule has 0 bridgehead atoms. The Kier molecular flexibility index (Phi) is 5.64. The number of benzene rings is 2. The number of carbonyl (C=O) groups is 2. The zero-order valence-electron chi connectivity index (χ0n) is 14.5. The first-order valence-corrected chi connectivity index (χ1v) is 8.31. The van der Waals surface area contributed by atoms with Crippen molar-refractivity contribution >= 4 is 11.8 Å². The van der Waals surface area contributed by atoms with Crippen LogP contribution in [0.1, 0.15) is 22.5 Å². The Balaban J connectivity index is 1.56. The van der Waals surface area contributed by atoms with Gasteiger partial charge in [0.2, 0.25) is 5.91 Å². The number of nitrogens with zero attached hydrogens (tertiary/aromatic N) is 2. The van der Waals surface area contributed by atoms with Crippen LogP contribution in [-0.4, -0.2) is 26.7 Å². The topological polar surface area (TPSA) is 96.3 Å². The van der Waals surface area contributed by atoms with E-state index < -0.39 is 23.4 Å². The minimum atomic E-state index is -0.822. The van der Waals surface area contributed by atoms with Crippen LogP contribution in [0.3, 0.4) is 0 Å². The Morgan fingerprint density at radius 1 is 1.07 bits per heavy atom. The molecule has 0 unspecified atom stereocenters. The third-order valence-corrected chi connectivity index (χ3v) is 3.88. The second kappa shape index (κ2) is 8.30. The van der Waals surface area contributed by atoms with Gasteiger partial charge in [-0.1, -0.05) is 18.2 Å². The molecule has 0 saturated carbocycles. The van der Waals surface area contributed by atoms with Crippen LogP contribution in [0.2, 0.25) is 0 Å². The first-order valence-electron chi connectivity index (χ1n) is 8.31. The number of carbonyl (C=O) groups excluding carboxylic acids is 2. The predicted octanol–water partition coefficient (Wildman–Crippen LogP) is 2.25. The monoisotopic (exact) mass is 386 g/mol. The average molecular weight is 386 g/mol. The lowest BCUT2D eigenvalue weighted by Gasteiger charge is -2.07. The van der Waals surface area contributed by atoms with E-state index in [0.29, 0.717) is 5.69 Å². The number of rotatable bonds is 5. The van der Waals surface area contributed by atoms with Crippen LogP contribution in [0.25, 0.3) is 5.69 Å². The maximum absolute atomic E-state index is 13.5. The molecule has 1 heterocycles. The molecule has 0 aliphatic rings. The predicted molar refractivity (Wildman–Crippen MR) is 95.5 cm³/mol. The summed E-state index contributed by atoms with van der Waals surface area (Å²) in [6, 6.07) is 11.8. The Morgan fingerprint density at radius 3 is 2.57 bits per heavy atom. The summed E-state index contributed by atoms with van der Waals surface area (Å²) < 4.78 is 28.0. The van der Waals surface area contributed by atoms with Gasteiger partial charge in [-0.15, -0.1) is 0 Å². The fourth-order valence-corrected chi connectivity index (χ4v) is 2.47. The number of hydrogen-bond donors (Lipinski definition) is 3. The number of amides is 2. The molecule has 3 aromatic rings. The van der Waals surface area contributed by atoms with Gasteiger partial charge < -0.3 is 5.11 Å². The maximum Gasteiger partial charge on any atom is 0.294 e. The van der Waals surface area contributed by atoms with Crippen LogP contribution in [0.5, 0.6) is 5.75 Å². The number of aromatic nitrogens is 2. The smallest absolute Gasteiger partial charge is 0.294 e. The van der Waals surface area contributed by atoms with Gasteiger partial charge in [-0.2, -0.15) is 5.10 Å². The molecule has 1 aromatic heterocycles. The molecule has 9 heteroatoms. The molecular formula is C19H16F2N4O3. The van der Waals surface area contributed by atoms with Crippen molar-refractivity contribution in [3.8, 4) is 11.4 Å². The van der Waals surface area contributed by atoms with E-state index in [1.807, 2.05) is 6.07 Å². The van der Waals surface area contributed by atoms with Gasteiger partial charge in [0.25, 0.3) is 5.91 Å². The molecule has 7 nitrogen and oxygen atoms in total. The van der Waals surface area contributed by atoms with Crippen LogP contribution in [0, 0.1) is 11.6 Å². The van der Waals surface area contributed by atoms with Crippen molar-refractivity contribution in [1.82, 2.24) is 20.6 Å². The average Bonchev–Trinajstić information content (AvgIpc) is 3.09. The molecule has 0 atom stereocenters. The highest BCUT2D eigenvalue weighted by Crippen LogP contribution is 2.17. The second-order valence-corrected chi connectivity index (χ2v) is 5.88. The molecule has 0 spiro atoms. The molecule has 144 valence electrons. The quantitative estimate of drug-likeness (QED) is 0.586. The lowest BCUT2D eigenvalue weighted by Crippen LogP contribution is -2.42. The maximum atomic E-state index is 13.5. The van der Waals surface area contributed by atoms with Crippen LogP contribution in [-0.2, 0) is 11.2 Å². The zero-order valence-corrected chi connectivity index (χ0v) is 14.5. The van der Waals surface area contributed by atoms with Crippen LogP contribution >= 0.6 is 0 Å². The van der Waals surface area contributed by atoms with Gasteiger partial charge in [-0.25, -0.2) is 13.5 Å². The molecule has 2 aromatic carbocycles. The molecule has 28 heavy (non-hydrogen) atoms. The van der Waals surface area contributed by atoms with E-state index in [0.717, 1.165) is 18.2 Å². The minimum Gasteiger partial charge on any atom is -0.504 e. The van der Waals surface area contributed by atoms with Crippen LogP contribution in [0.15, 0.2) is 54.7 Å². The summed E-state index contributed by atoms with van der Waals surface area (Å²) >= 11 is 0. The molecule has 0 aliphatic heterocycles. The highest BCUT2D eigenvalue weighted by atomic mass is 19.1. The summed E-state index contributed by atoms with van der Waals surface area (Å²) in [5.41, 5.74) is 4.69. The van der Waals surface area contributed by atoms with E-state index >= 15 is 0 Å². The van der Waals surface area contributed by atoms with Crippen molar-refractivity contribution < 1.29 is 23.5 Å². The van der Waals surface area contributed by atoms with E-state index in [1.54, 1.807) is 24.3 Å². The van der Waals surface area contributed by atoms with E-state index in [1.165, 1.54) is 10.9 Å². The normalized spacial score (nSPS) is 10.5. The Morgan fingerprint density at radius 2 is 1.82 bits per heavy atom. The van der Waals surface area contributed by atoms with Crippen molar-refractivity contribution in [2.45, 2.75) is 12.8 Å². The first-order chi connectivity index (χ1) is 13.4. The summed E-state index contributed by atoms with van der Waals surface area (Å²) in [4.78, 5) is 23.9. The molecular weight excluding hydrogens is 370 g/mol. The fourth-order valence-electron chi connectivity index (χ4n) is 2.47. The van der Waals surface area contributed by atoms with E-state index in [4.69, 9.17) is 0 Å². The lowest BCUT2D eigenvalue weighted by atomic mass is 10.1. The number of para-hydroxylation sites is 1. The van der Waals surface area contributed by atoms with Crippen molar-refractivity contribution in [3.63, 3.8) is 0 Å². The Labute approximate surface area is 158 Å². The third-order valence-electron chi connectivity index (χ3n) is 3.88. The van der Waals surface area contributed by atoms with Crippen LogP contribution < -0.4 is 10.9 Å². The van der Waals surface area contributed by atoms with Gasteiger partial charge >= 0.3 is 0 Å². The third kappa shape index (κ3) is 4.50. The summed E-state index contributed by atoms with van der Waals surface area (Å²) in [5.74, 6) is -3.02. The van der Waals surface area contributed by atoms with Crippen molar-refractivity contribution in [1.29, 1.82) is 0 Å². The van der Waals surface area contributed by atoms with E-state index in [2.05, 4.69) is 16.0 Å². The number of halogens is 2. The van der Waals surface area contributed by atoms with Crippen molar-refractivity contribution in [3.05, 3.63) is 77.6 Å². The van der Waals surface area contributed by atoms with Gasteiger partial charge in [0.15, 0.2) is 11.4 Å². The van der Waals surface area contributed by atoms with Gasteiger partial charge in [-0.05, 0) is 42.3 Å². The lowest BCUT2D eigenvalue weighted by molar-refractivity contribution is -0.121. The Bertz CT molecular complexity index is 1010. The number of hydrazine groups is 1. The molecule has 3 rings (SSSR count). The summed E-state index contributed by atoms with van der Waals surface area (Å²) in [7, 11) is 0. The van der Waals surface area contributed by atoms with Crippen molar-refractivity contribution in [2.75, 3.05) is 0 Å². The van der Waals surface area contributed by atoms with Crippen LogP contribution in [0.4, 0.5) is 8.78 Å². The number of nitrogens with one attached hydrogen (secondary N) is 2. The van der Waals surface area contributed by atoms with Gasteiger partial charge in [-0.3, -0.25) is 20.4 Å². The van der Waals surface area contributed by atoms with E-state index in [9.17, 15) is 23.5 Å². The standard InChI is InChI=1S/C19H16F2N4O3/c20-13-7-8-15(21)12(10-13)6-9-17(27)22-23-19(28)18-16(26)11-25(24-18)14-4-2-1-3-5-14/h1-5,7-8,10-11,26H,6,9H2,(H,22,27)(H,23,28). The molecule has 0 radical (unpaired) electrons. The van der Waals surface area contributed by atoms with Gasteiger partial charge in [0.05, 0.1) is 11.9 Å². The molecule has 0 saturated heterocycles. The first kappa shape index (κ1) is 19.0. The number of aromatic hydroxyl groups is 1. The Hall–Kier alpha value is -3.75.